The van der Waals surface area contributed by atoms with Gasteiger partial charge >= 0.3 is 0 Å². The molecule has 2 heterocycles. The zero-order valence-electron chi connectivity index (χ0n) is 12.6. The van der Waals surface area contributed by atoms with Gasteiger partial charge in [-0.15, -0.1) is 0 Å². The maximum absolute atomic E-state index is 7.61. The van der Waals surface area contributed by atoms with Crippen LogP contribution in [0.4, 0.5) is 5.82 Å². The molecule has 0 spiro atoms. The van der Waals surface area contributed by atoms with E-state index in [1.165, 1.54) is 6.21 Å². The lowest BCUT2D eigenvalue weighted by Crippen LogP contribution is -2.37. The molecule has 114 valence electrons. The summed E-state index contributed by atoms with van der Waals surface area (Å²) in [5, 5.41) is 17.3. The predicted octanol–water partition coefficient (Wildman–Crippen LogP) is 1.46. The molecule has 0 saturated carbocycles. The topological polar surface area (TPSA) is 82.1 Å². The molecule has 1 fully saturated rings. The summed E-state index contributed by atoms with van der Waals surface area (Å²) in [6.45, 7) is 2.08. The van der Waals surface area contributed by atoms with Gasteiger partial charge in [0.1, 0.15) is 0 Å². The van der Waals surface area contributed by atoms with Gasteiger partial charge in [-0.2, -0.15) is 0 Å². The SMILES string of the molecule is CNc1ncc(/C(C=N)=C/NC2CCNCC2)cc1OC. The molecule has 2 rings (SSSR count). The molecule has 0 unspecified atom stereocenters. The quantitative estimate of drug-likeness (QED) is 0.596. The van der Waals surface area contributed by atoms with Crippen molar-refractivity contribution >= 4 is 17.6 Å². The van der Waals surface area contributed by atoms with Gasteiger partial charge < -0.3 is 26.1 Å². The minimum Gasteiger partial charge on any atom is -0.493 e. The number of rotatable bonds is 6. The number of ether oxygens (including phenoxy) is 1. The van der Waals surface area contributed by atoms with Gasteiger partial charge in [-0.25, -0.2) is 4.98 Å². The number of hydrogen-bond donors (Lipinski definition) is 4. The van der Waals surface area contributed by atoms with Crippen molar-refractivity contribution in [3.63, 3.8) is 0 Å². The van der Waals surface area contributed by atoms with Gasteiger partial charge in [0.05, 0.1) is 7.11 Å². The van der Waals surface area contributed by atoms with Crippen LogP contribution >= 0.6 is 0 Å². The van der Waals surface area contributed by atoms with E-state index in [0.717, 1.165) is 37.1 Å². The van der Waals surface area contributed by atoms with Crippen LogP contribution in [-0.2, 0) is 0 Å². The second-order valence-electron chi connectivity index (χ2n) is 4.96. The highest BCUT2D eigenvalue weighted by molar-refractivity contribution is 6.08. The first-order valence-corrected chi connectivity index (χ1v) is 7.18. The van der Waals surface area contributed by atoms with Crippen molar-refractivity contribution in [3.05, 3.63) is 24.0 Å². The largest absolute Gasteiger partial charge is 0.493 e. The number of piperidine rings is 1. The van der Waals surface area contributed by atoms with Crippen molar-refractivity contribution in [2.75, 3.05) is 32.6 Å². The van der Waals surface area contributed by atoms with E-state index in [1.54, 1.807) is 20.4 Å². The molecule has 0 aromatic carbocycles. The molecule has 1 aromatic heterocycles. The summed E-state index contributed by atoms with van der Waals surface area (Å²) in [5.74, 6) is 1.36. The Morgan fingerprint density at radius 3 is 2.86 bits per heavy atom. The number of hydrogen-bond acceptors (Lipinski definition) is 6. The molecule has 1 saturated heterocycles. The highest BCUT2D eigenvalue weighted by Gasteiger charge is 2.12. The van der Waals surface area contributed by atoms with Gasteiger partial charge in [0.2, 0.25) is 0 Å². The van der Waals surface area contributed by atoms with Crippen LogP contribution in [-0.4, -0.2) is 44.5 Å². The first-order chi connectivity index (χ1) is 10.3. The van der Waals surface area contributed by atoms with Crippen LogP contribution in [0.25, 0.3) is 5.57 Å². The van der Waals surface area contributed by atoms with Crippen molar-refractivity contribution < 1.29 is 4.74 Å². The number of allylic oxidation sites excluding steroid dienone is 1. The van der Waals surface area contributed by atoms with Gasteiger partial charge in [0.25, 0.3) is 0 Å². The van der Waals surface area contributed by atoms with Gasteiger partial charge in [0.15, 0.2) is 11.6 Å². The van der Waals surface area contributed by atoms with Gasteiger partial charge in [0, 0.05) is 42.8 Å². The standard InChI is InChI=1S/C15H23N5O/c1-17-15-14(21-2)7-11(9-20-15)12(8-16)10-19-13-3-5-18-6-4-13/h7-10,13,16,18-19H,3-6H2,1-2H3,(H,17,20)/b12-10+,16-8?. The van der Waals surface area contributed by atoms with E-state index in [0.29, 0.717) is 17.6 Å². The molecule has 4 N–H and O–H groups in total. The van der Waals surface area contributed by atoms with Crippen LogP contribution in [0.1, 0.15) is 18.4 Å². The van der Waals surface area contributed by atoms with Crippen LogP contribution in [0.15, 0.2) is 18.5 Å². The third-order valence-corrected chi connectivity index (χ3v) is 3.61. The second-order valence-corrected chi connectivity index (χ2v) is 4.96. The molecular formula is C15H23N5O. The number of pyridine rings is 1. The van der Waals surface area contributed by atoms with Crippen molar-refractivity contribution in [2.24, 2.45) is 0 Å². The van der Waals surface area contributed by atoms with E-state index in [-0.39, 0.29) is 0 Å². The van der Waals surface area contributed by atoms with E-state index >= 15 is 0 Å². The Morgan fingerprint density at radius 1 is 1.48 bits per heavy atom. The number of nitrogens with one attached hydrogen (secondary N) is 4. The number of methoxy groups -OCH3 is 1. The molecule has 0 aliphatic carbocycles. The zero-order valence-corrected chi connectivity index (χ0v) is 12.6. The van der Waals surface area contributed by atoms with Crippen LogP contribution in [0.3, 0.4) is 0 Å². The Kier molecular flexibility index (Phi) is 5.57. The van der Waals surface area contributed by atoms with E-state index in [1.807, 2.05) is 12.3 Å². The summed E-state index contributed by atoms with van der Waals surface area (Å²) in [6.07, 6.45) is 7.18. The number of aromatic nitrogens is 1. The summed E-state index contributed by atoms with van der Waals surface area (Å²) >= 11 is 0. The molecular weight excluding hydrogens is 266 g/mol. The van der Waals surface area contributed by atoms with E-state index in [2.05, 4.69) is 20.9 Å². The van der Waals surface area contributed by atoms with E-state index < -0.39 is 0 Å². The molecule has 0 bridgehead atoms. The summed E-state index contributed by atoms with van der Waals surface area (Å²) in [5.41, 5.74) is 1.66. The lowest BCUT2D eigenvalue weighted by Gasteiger charge is -2.23. The van der Waals surface area contributed by atoms with E-state index in [9.17, 15) is 0 Å². The normalized spacial score (nSPS) is 16.4. The third kappa shape index (κ3) is 3.95. The number of nitrogens with zero attached hydrogens (tertiary/aromatic N) is 1. The van der Waals surface area contributed by atoms with Crippen LogP contribution in [0.2, 0.25) is 0 Å². The molecule has 1 aromatic rings. The van der Waals surface area contributed by atoms with Gasteiger partial charge in [-0.05, 0) is 32.0 Å². The smallest absolute Gasteiger partial charge is 0.168 e. The lowest BCUT2D eigenvalue weighted by molar-refractivity contribution is 0.415. The molecule has 6 heteroatoms. The molecule has 0 atom stereocenters. The Balaban J connectivity index is 2.14. The first-order valence-electron chi connectivity index (χ1n) is 7.18. The van der Waals surface area contributed by atoms with Crippen molar-refractivity contribution in [3.8, 4) is 5.75 Å². The van der Waals surface area contributed by atoms with Crippen molar-refractivity contribution in [1.82, 2.24) is 15.6 Å². The summed E-state index contributed by atoms with van der Waals surface area (Å²) in [4.78, 5) is 4.31. The summed E-state index contributed by atoms with van der Waals surface area (Å²) in [6, 6.07) is 2.35. The Hall–Kier alpha value is -2.08. The van der Waals surface area contributed by atoms with Crippen molar-refractivity contribution in [1.29, 1.82) is 5.41 Å². The fraction of sp³-hybridized carbons (Fsp3) is 0.467. The maximum Gasteiger partial charge on any atom is 0.168 e. The third-order valence-electron chi connectivity index (χ3n) is 3.61. The minimum atomic E-state index is 0.465. The van der Waals surface area contributed by atoms with Crippen LogP contribution in [0.5, 0.6) is 5.75 Å². The molecule has 6 nitrogen and oxygen atoms in total. The molecule has 0 amide bonds. The second kappa shape index (κ2) is 7.64. The highest BCUT2D eigenvalue weighted by Crippen LogP contribution is 2.25. The monoisotopic (exact) mass is 289 g/mol. The van der Waals surface area contributed by atoms with Gasteiger partial charge in [-0.3, -0.25) is 0 Å². The van der Waals surface area contributed by atoms with E-state index in [4.69, 9.17) is 10.1 Å². The predicted molar refractivity (Wildman–Crippen MR) is 86.1 cm³/mol. The average Bonchev–Trinajstić information content (AvgIpc) is 2.56. The van der Waals surface area contributed by atoms with Crippen LogP contribution < -0.4 is 20.7 Å². The summed E-state index contributed by atoms with van der Waals surface area (Å²) in [7, 11) is 3.42. The maximum atomic E-state index is 7.61. The Bertz CT molecular complexity index is 509. The van der Waals surface area contributed by atoms with Gasteiger partial charge in [-0.1, -0.05) is 0 Å². The van der Waals surface area contributed by atoms with Crippen molar-refractivity contribution in [2.45, 2.75) is 18.9 Å². The molecule has 1 aliphatic rings. The summed E-state index contributed by atoms with van der Waals surface area (Å²) < 4.78 is 5.31. The Morgan fingerprint density at radius 2 is 2.24 bits per heavy atom. The van der Waals surface area contributed by atoms with Crippen LogP contribution in [0, 0.1) is 5.41 Å². The molecule has 0 radical (unpaired) electrons. The molecule has 1 aliphatic heterocycles. The average molecular weight is 289 g/mol. The zero-order chi connectivity index (χ0) is 15.1. The Labute approximate surface area is 125 Å². The fourth-order valence-electron chi connectivity index (χ4n) is 2.35. The first kappa shape index (κ1) is 15.3. The number of anilines is 1. The highest BCUT2D eigenvalue weighted by atomic mass is 16.5. The fourth-order valence-corrected chi connectivity index (χ4v) is 2.35. The lowest BCUT2D eigenvalue weighted by atomic mass is 10.1. The molecule has 21 heavy (non-hydrogen) atoms. The minimum absolute atomic E-state index is 0.465.